The molecule has 0 saturated carbocycles. The summed E-state index contributed by atoms with van der Waals surface area (Å²) in [5.41, 5.74) is 2.09. The summed E-state index contributed by atoms with van der Waals surface area (Å²) in [7, 11) is -2.67. The largest absolute Gasteiger partial charge is 0.286 e. The van der Waals surface area contributed by atoms with E-state index in [-0.39, 0.29) is 5.69 Å². The molecule has 4 nitrogen and oxygen atoms in total. The van der Waals surface area contributed by atoms with Crippen molar-refractivity contribution in [2.75, 3.05) is 6.26 Å². The number of thiazole rings is 1. The third-order valence-electron chi connectivity index (χ3n) is 3.93. The van der Waals surface area contributed by atoms with Gasteiger partial charge in [0.05, 0.1) is 20.7 Å². The summed E-state index contributed by atoms with van der Waals surface area (Å²) in [4.78, 5) is 8.23. The van der Waals surface area contributed by atoms with Crippen LogP contribution in [0, 0.1) is 0 Å². The molecule has 0 N–H and O–H groups in total. The number of halogens is 2. The Hall–Kier alpha value is -1.71. The van der Waals surface area contributed by atoms with Gasteiger partial charge in [0.2, 0.25) is 5.13 Å². The Morgan fingerprint density at radius 2 is 2.04 bits per heavy atom. The lowest BCUT2D eigenvalue weighted by atomic mass is 10.1. The Labute approximate surface area is 159 Å². The maximum absolute atomic E-state index is 13.3. The first kappa shape index (κ1) is 19.1. The van der Waals surface area contributed by atoms with Gasteiger partial charge >= 0.3 is 0 Å². The van der Waals surface area contributed by atoms with E-state index < -0.39 is 20.9 Å². The molecule has 0 aliphatic carbocycles. The molecule has 0 fully saturated rings. The van der Waals surface area contributed by atoms with Crippen LogP contribution in [-0.4, -0.2) is 20.4 Å². The Balaban J connectivity index is 1.87. The zero-order chi connectivity index (χ0) is 18.9. The minimum Gasteiger partial charge on any atom is -0.255 e. The van der Waals surface area contributed by atoms with E-state index in [9.17, 15) is 13.0 Å². The lowest BCUT2D eigenvalue weighted by molar-refractivity contribution is 0.0127. The quantitative estimate of drug-likeness (QED) is 0.526. The summed E-state index contributed by atoms with van der Waals surface area (Å²) in [5.74, 6) is -3.00. The molecule has 0 saturated heterocycles. The van der Waals surface area contributed by atoms with Crippen LogP contribution in [0.15, 0.2) is 44.9 Å². The van der Waals surface area contributed by atoms with E-state index in [4.69, 9.17) is 0 Å². The molecule has 0 aromatic carbocycles. The first-order chi connectivity index (χ1) is 12.2. The molecule has 3 aromatic rings. The second-order valence-corrected chi connectivity index (χ2v) is 10.2. The first-order valence-electron chi connectivity index (χ1n) is 7.70. The van der Waals surface area contributed by atoms with Gasteiger partial charge in [0.25, 0.3) is 5.92 Å². The monoisotopic (exact) mass is 413 g/mol. The number of rotatable bonds is 5. The van der Waals surface area contributed by atoms with E-state index in [0.717, 1.165) is 18.2 Å². The van der Waals surface area contributed by atoms with Crippen LogP contribution in [0.25, 0.3) is 11.3 Å². The zero-order valence-corrected chi connectivity index (χ0v) is 16.8. The molecule has 0 radical (unpaired) electrons. The third-order valence-corrected chi connectivity index (χ3v) is 7.58. The van der Waals surface area contributed by atoms with E-state index >= 15 is 0 Å². The number of aromatic nitrogens is 2. The van der Waals surface area contributed by atoms with Gasteiger partial charge in [0.15, 0.2) is 0 Å². The van der Waals surface area contributed by atoms with Crippen molar-refractivity contribution in [2.24, 2.45) is 4.36 Å². The topological polar surface area (TPSA) is 55.2 Å². The number of hydrogen-bond acceptors (Lipinski definition) is 6. The Morgan fingerprint density at radius 3 is 2.62 bits per heavy atom. The molecule has 2 atom stereocenters. The highest BCUT2D eigenvalue weighted by Gasteiger charge is 2.26. The molecule has 9 heteroatoms. The zero-order valence-electron chi connectivity index (χ0n) is 14.3. The number of thiophene rings is 1. The Morgan fingerprint density at radius 1 is 1.27 bits per heavy atom. The van der Waals surface area contributed by atoms with Gasteiger partial charge in [0, 0.05) is 35.7 Å². The van der Waals surface area contributed by atoms with Crippen LogP contribution >= 0.6 is 22.7 Å². The van der Waals surface area contributed by atoms with Gasteiger partial charge in [-0.2, -0.15) is 24.5 Å². The van der Waals surface area contributed by atoms with Crippen molar-refractivity contribution in [1.82, 2.24) is 9.97 Å². The highest BCUT2D eigenvalue weighted by atomic mass is 32.2. The van der Waals surface area contributed by atoms with Crippen molar-refractivity contribution >= 4 is 37.5 Å². The summed E-state index contributed by atoms with van der Waals surface area (Å²) in [6.45, 7) is 2.55. The van der Waals surface area contributed by atoms with Crippen molar-refractivity contribution in [1.29, 1.82) is 0 Å². The van der Waals surface area contributed by atoms with Crippen LogP contribution in [0.1, 0.15) is 30.4 Å². The average molecular weight is 414 g/mol. The number of pyridine rings is 1. The van der Waals surface area contributed by atoms with Crippen molar-refractivity contribution < 1.29 is 13.0 Å². The molecule has 0 amide bonds. The highest BCUT2D eigenvalue weighted by Crippen LogP contribution is 2.32. The normalized spacial score (nSPS) is 15.4. The smallest absolute Gasteiger partial charge is 0.255 e. The lowest BCUT2D eigenvalue weighted by Crippen LogP contribution is -2.12. The van der Waals surface area contributed by atoms with Gasteiger partial charge in [-0.15, -0.1) is 11.3 Å². The molecule has 3 aromatic heterocycles. The number of alkyl halides is 2. The summed E-state index contributed by atoms with van der Waals surface area (Å²) < 4.78 is 44.0. The maximum Gasteiger partial charge on any atom is 0.286 e. The fourth-order valence-corrected chi connectivity index (χ4v) is 5.22. The molecular formula is C17H17F2N3OS3. The highest BCUT2D eigenvalue weighted by molar-refractivity contribution is 7.93. The van der Waals surface area contributed by atoms with E-state index in [1.807, 2.05) is 22.2 Å². The Bertz CT molecular complexity index is 999. The predicted octanol–water partition coefficient (Wildman–Crippen LogP) is 5.87. The Kier molecular flexibility index (Phi) is 5.23. The number of nitrogens with zero attached hydrogens (tertiary/aromatic N) is 3. The van der Waals surface area contributed by atoms with Gasteiger partial charge in [-0.05, 0) is 30.0 Å². The first-order valence-corrected chi connectivity index (χ1v) is 11.5. The third kappa shape index (κ3) is 4.16. The minimum absolute atomic E-state index is 0.312. The molecule has 0 spiro atoms. The fourth-order valence-electron chi connectivity index (χ4n) is 2.24. The van der Waals surface area contributed by atoms with Crippen molar-refractivity contribution in [3.05, 3.63) is 51.8 Å². The molecule has 0 aliphatic heterocycles. The predicted molar refractivity (Wildman–Crippen MR) is 104 cm³/mol. The second kappa shape index (κ2) is 7.13. The van der Waals surface area contributed by atoms with E-state index in [1.54, 1.807) is 24.5 Å². The van der Waals surface area contributed by atoms with Crippen LogP contribution in [0.5, 0.6) is 0 Å². The lowest BCUT2D eigenvalue weighted by Gasteiger charge is -2.15. The summed E-state index contributed by atoms with van der Waals surface area (Å²) in [6, 6.07) is 4.76. The van der Waals surface area contributed by atoms with Crippen LogP contribution < -0.4 is 0 Å². The number of hydrogen-bond donors (Lipinski definition) is 0. The summed E-state index contributed by atoms with van der Waals surface area (Å²) >= 11 is 2.90. The minimum atomic E-state index is -3.00. The van der Waals surface area contributed by atoms with E-state index in [0.29, 0.717) is 10.7 Å². The van der Waals surface area contributed by atoms with E-state index in [2.05, 4.69) is 14.3 Å². The van der Waals surface area contributed by atoms with Crippen LogP contribution in [0.4, 0.5) is 13.9 Å². The standard InChI is InChI=1S/C17H17F2N3OS3/c1-11(12-4-5-15(20-8-12)17(2,18)19)26(3,23)22-16-21-14(10-25-16)13-6-7-24-9-13/h4-11H,1-3H3. The van der Waals surface area contributed by atoms with Crippen LogP contribution in [0.2, 0.25) is 0 Å². The molecule has 138 valence electrons. The van der Waals surface area contributed by atoms with Gasteiger partial charge in [0.1, 0.15) is 5.69 Å². The molecule has 3 heterocycles. The summed E-state index contributed by atoms with van der Waals surface area (Å²) in [5, 5.41) is 5.80. The average Bonchev–Trinajstić information content (AvgIpc) is 3.24. The molecule has 0 aliphatic rings. The van der Waals surface area contributed by atoms with E-state index in [1.165, 1.54) is 29.7 Å². The van der Waals surface area contributed by atoms with Gasteiger partial charge < -0.3 is 0 Å². The maximum atomic E-state index is 13.3. The molecule has 0 bridgehead atoms. The van der Waals surface area contributed by atoms with Gasteiger partial charge in [-0.3, -0.25) is 4.98 Å². The second-order valence-electron chi connectivity index (χ2n) is 5.99. The van der Waals surface area contributed by atoms with Crippen LogP contribution in [-0.2, 0) is 15.7 Å². The van der Waals surface area contributed by atoms with Crippen molar-refractivity contribution in [2.45, 2.75) is 25.0 Å². The molecule has 2 unspecified atom stereocenters. The van der Waals surface area contributed by atoms with Gasteiger partial charge in [-0.25, -0.2) is 9.19 Å². The molecule has 3 rings (SSSR count). The van der Waals surface area contributed by atoms with Crippen LogP contribution in [0.3, 0.4) is 0 Å². The summed E-state index contributed by atoms with van der Waals surface area (Å²) in [6.07, 6.45) is 2.89. The van der Waals surface area contributed by atoms with Crippen molar-refractivity contribution in [3.63, 3.8) is 0 Å². The molecular weight excluding hydrogens is 396 g/mol. The van der Waals surface area contributed by atoms with Gasteiger partial charge in [-0.1, -0.05) is 6.07 Å². The fraction of sp³-hybridized carbons (Fsp3) is 0.294. The molecule has 26 heavy (non-hydrogen) atoms. The van der Waals surface area contributed by atoms with Crippen molar-refractivity contribution in [3.8, 4) is 11.3 Å². The SMILES string of the molecule is CC(c1ccc(C(C)(F)F)nc1)S(C)(=O)=Nc1nc(-c2ccsc2)cs1.